The lowest BCUT2D eigenvalue weighted by Crippen LogP contribution is -2.12. The van der Waals surface area contributed by atoms with Crippen LogP contribution in [0.2, 0.25) is 0 Å². The number of aromatic nitrogens is 4. The molecule has 0 fully saturated rings. The van der Waals surface area contributed by atoms with Crippen molar-refractivity contribution >= 4 is 11.0 Å². The average Bonchev–Trinajstić information content (AvgIpc) is 2.41. The third-order valence-electron chi connectivity index (χ3n) is 1.90. The van der Waals surface area contributed by atoms with E-state index in [1.807, 2.05) is 0 Å². The normalized spacial score (nSPS) is 12.3. The zero-order valence-corrected chi connectivity index (χ0v) is 7.46. The van der Waals surface area contributed by atoms with Crippen molar-refractivity contribution in [2.24, 2.45) is 7.05 Å². The maximum atomic E-state index is 12.5. The molecular formula is C7H5F3N4O. The van der Waals surface area contributed by atoms with Crippen molar-refractivity contribution in [3.63, 3.8) is 0 Å². The number of aryl methyl sites for hydroxylation is 1. The first kappa shape index (κ1) is 9.69. The lowest BCUT2D eigenvalue weighted by Gasteiger charge is -2.05. The molecule has 2 heterocycles. The highest BCUT2D eigenvalue weighted by Crippen LogP contribution is 2.32. The average molecular weight is 218 g/mol. The minimum absolute atomic E-state index is 0.313. The lowest BCUT2D eigenvalue weighted by molar-refractivity contribution is -0.142. The standard InChI is InChI=1S/C7H5F3N4O/c1-14-5(7(8,9)10)3-4(13-14)6(15)12-2-11-3/h2H,1H3,(H,11,12,15). The second-order valence-electron chi connectivity index (χ2n) is 2.90. The van der Waals surface area contributed by atoms with Gasteiger partial charge in [0.15, 0.2) is 11.2 Å². The first-order chi connectivity index (χ1) is 6.91. The molecule has 8 heteroatoms. The van der Waals surface area contributed by atoms with Crippen LogP contribution in [0.15, 0.2) is 11.1 Å². The van der Waals surface area contributed by atoms with E-state index in [1.54, 1.807) is 0 Å². The number of hydrogen-bond acceptors (Lipinski definition) is 3. The van der Waals surface area contributed by atoms with Gasteiger partial charge in [-0.05, 0) is 0 Å². The Morgan fingerprint density at radius 2 is 2.07 bits per heavy atom. The van der Waals surface area contributed by atoms with Crippen LogP contribution in [-0.4, -0.2) is 19.7 Å². The van der Waals surface area contributed by atoms with E-state index in [4.69, 9.17) is 0 Å². The first-order valence-corrected chi connectivity index (χ1v) is 3.89. The van der Waals surface area contributed by atoms with E-state index >= 15 is 0 Å². The maximum Gasteiger partial charge on any atom is 0.435 e. The van der Waals surface area contributed by atoms with E-state index in [0.29, 0.717) is 4.68 Å². The fourth-order valence-corrected chi connectivity index (χ4v) is 1.33. The van der Waals surface area contributed by atoms with Gasteiger partial charge >= 0.3 is 6.18 Å². The molecule has 0 saturated carbocycles. The molecular weight excluding hydrogens is 213 g/mol. The number of nitrogens with zero attached hydrogens (tertiary/aromatic N) is 3. The molecule has 5 nitrogen and oxygen atoms in total. The van der Waals surface area contributed by atoms with E-state index in [2.05, 4.69) is 15.1 Å². The predicted molar refractivity (Wildman–Crippen MR) is 44.1 cm³/mol. The van der Waals surface area contributed by atoms with Gasteiger partial charge in [-0.1, -0.05) is 0 Å². The third kappa shape index (κ3) is 1.37. The summed E-state index contributed by atoms with van der Waals surface area (Å²) in [7, 11) is 1.12. The van der Waals surface area contributed by atoms with Crippen LogP contribution < -0.4 is 5.56 Å². The van der Waals surface area contributed by atoms with Crippen LogP contribution in [0.5, 0.6) is 0 Å². The summed E-state index contributed by atoms with van der Waals surface area (Å²) in [6.07, 6.45) is -3.66. The summed E-state index contributed by atoms with van der Waals surface area (Å²) in [4.78, 5) is 16.8. The van der Waals surface area contributed by atoms with Crippen LogP contribution in [-0.2, 0) is 13.2 Å². The minimum Gasteiger partial charge on any atom is -0.311 e. The molecule has 80 valence electrons. The Balaban J connectivity index is 2.92. The summed E-state index contributed by atoms with van der Waals surface area (Å²) < 4.78 is 38.2. The Bertz CT molecular complexity index is 568. The summed E-state index contributed by atoms with van der Waals surface area (Å²) >= 11 is 0. The highest BCUT2D eigenvalue weighted by Gasteiger charge is 2.38. The third-order valence-corrected chi connectivity index (χ3v) is 1.90. The summed E-state index contributed by atoms with van der Waals surface area (Å²) in [5.74, 6) is 0. The minimum atomic E-state index is -4.58. The molecule has 1 N–H and O–H groups in total. The summed E-state index contributed by atoms with van der Waals surface area (Å²) in [5, 5.41) is 3.47. The molecule has 0 aromatic carbocycles. The molecule has 0 saturated heterocycles. The molecule has 15 heavy (non-hydrogen) atoms. The molecule has 0 aliphatic carbocycles. The molecule has 0 bridgehead atoms. The molecule has 0 radical (unpaired) electrons. The Labute approximate surface area is 80.5 Å². The van der Waals surface area contributed by atoms with Crippen LogP contribution in [0.25, 0.3) is 11.0 Å². The molecule has 2 rings (SSSR count). The van der Waals surface area contributed by atoms with Gasteiger partial charge in [0.25, 0.3) is 5.56 Å². The van der Waals surface area contributed by atoms with Gasteiger partial charge in [-0.3, -0.25) is 9.48 Å². The van der Waals surface area contributed by atoms with Gasteiger partial charge in [0.2, 0.25) is 0 Å². The van der Waals surface area contributed by atoms with Crippen LogP contribution in [0.4, 0.5) is 13.2 Å². The number of hydrogen-bond donors (Lipinski definition) is 1. The van der Waals surface area contributed by atoms with Gasteiger partial charge in [-0.25, -0.2) is 4.98 Å². The van der Waals surface area contributed by atoms with Crippen molar-refractivity contribution in [3.8, 4) is 0 Å². The smallest absolute Gasteiger partial charge is 0.311 e. The largest absolute Gasteiger partial charge is 0.435 e. The van der Waals surface area contributed by atoms with E-state index in [9.17, 15) is 18.0 Å². The second kappa shape index (κ2) is 2.81. The van der Waals surface area contributed by atoms with Crippen LogP contribution in [0, 0.1) is 0 Å². The molecule has 2 aromatic heterocycles. The maximum absolute atomic E-state index is 12.5. The van der Waals surface area contributed by atoms with Crippen molar-refractivity contribution in [1.82, 2.24) is 19.7 Å². The number of H-pyrrole nitrogens is 1. The van der Waals surface area contributed by atoms with E-state index < -0.39 is 22.9 Å². The Morgan fingerprint density at radius 3 is 2.67 bits per heavy atom. The van der Waals surface area contributed by atoms with Crippen molar-refractivity contribution in [2.45, 2.75) is 6.18 Å². The first-order valence-electron chi connectivity index (χ1n) is 3.89. The predicted octanol–water partition coefficient (Wildman–Crippen LogP) is 0.675. The fraction of sp³-hybridized carbons (Fsp3) is 0.286. The van der Waals surface area contributed by atoms with Gasteiger partial charge in [-0.15, -0.1) is 0 Å². The van der Waals surface area contributed by atoms with Gasteiger partial charge in [0.05, 0.1) is 6.33 Å². The van der Waals surface area contributed by atoms with Gasteiger partial charge < -0.3 is 4.98 Å². The second-order valence-corrected chi connectivity index (χ2v) is 2.90. The molecule has 0 aliphatic rings. The summed E-state index contributed by atoms with van der Waals surface area (Å²) in [6.45, 7) is 0. The van der Waals surface area contributed by atoms with Gasteiger partial charge in [-0.2, -0.15) is 18.3 Å². The number of aromatic amines is 1. The zero-order valence-electron chi connectivity index (χ0n) is 7.46. The zero-order chi connectivity index (χ0) is 11.2. The van der Waals surface area contributed by atoms with E-state index in [-0.39, 0.29) is 5.52 Å². The van der Waals surface area contributed by atoms with Crippen molar-refractivity contribution in [1.29, 1.82) is 0 Å². The summed E-state index contributed by atoms with van der Waals surface area (Å²) in [5.41, 5.74) is -2.46. The quantitative estimate of drug-likeness (QED) is 0.707. The molecule has 0 atom stereocenters. The van der Waals surface area contributed by atoms with E-state index in [1.165, 1.54) is 0 Å². The highest BCUT2D eigenvalue weighted by atomic mass is 19.4. The monoisotopic (exact) mass is 218 g/mol. The van der Waals surface area contributed by atoms with Crippen LogP contribution in [0.1, 0.15) is 5.69 Å². The SMILES string of the molecule is Cn1nc2c(=O)[nH]cnc2c1C(F)(F)F. The van der Waals surface area contributed by atoms with Crippen LogP contribution >= 0.6 is 0 Å². The lowest BCUT2D eigenvalue weighted by atomic mass is 10.3. The van der Waals surface area contributed by atoms with Crippen LogP contribution in [0.3, 0.4) is 0 Å². The van der Waals surface area contributed by atoms with Crippen molar-refractivity contribution < 1.29 is 13.2 Å². The topological polar surface area (TPSA) is 63.6 Å². The number of rotatable bonds is 0. The Hall–Kier alpha value is -1.86. The molecule has 0 amide bonds. The Morgan fingerprint density at radius 1 is 1.40 bits per heavy atom. The molecule has 2 aromatic rings. The highest BCUT2D eigenvalue weighted by molar-refractivity contribution is 5.76. The fourth-order valence-electron chi connectivity index (χ4n) is 1.33. The number of nitrogens with one attached hydrogen (secondary N) is 1. The van der Waals surface area contributed by atoms with Crippen molar-refractivity contribution in [2.75, 3.05) is 0 Å². The summed E-state index contributed by atoms with van der Waals surface area (Å²) in [6, 6.07) is 0. The van der Waals surface area contributed by atoms with Gasteiger partial charge in [0.1, 0.15) is 5.52 Å². The molecule has 0 aliphatic heterocycles. The number of alkyl halides is 3. The van der Waals surface area contributed by atoms with Crippen molar-refractivity contribution in [3.05, 3.63) is 22.4 Å². The molecule has 0 unspecified atom stereocenters. The molecule has 0 spiro atoms. The van der Waals surface area contributed by atoms with Gasteiger partial charge in [0, 0.05) is 7.05 Å². The number of halogens is 3. The van der Waals surface area contributed by atoms with E-state index in [0.717, 1.165) is 13.4 Å². The Kier molecular flexibility index (Phi) is 1.82. The number of fused-ring (bicyclic) bond motifs is 1.